The van der Waals surface area contributed by atoms with E-state index in [9.17, 15) is 4.79 Å². The molecule has 0 bridgehead atoms. The fourth-order valence-electron chi connectivity index (χ4n) is 1.65. The largest absolute Gasteiger partial charge is 0.462 e. The Morgan fingerprint density at radius 2 is 2.25 bits per heavy atom. The van der Waals surface area contributed by atoms with Crippen molar-refractivity contribution in [3.8, 4) is 6.07 Å². The van der Waals surface area contributed by atoms with Crippen LogP contribution in [0.5, 0.6) is 0 Å². The Bertz CT molecular complexity index is 505. The zero-order valence-corrected chi connectivity index (χ0v) is 12.8. The van der Waals surface area contributed by atoms with Crippen LogP contribution in [0.15, 0.2) is 0 Å². The standard InChI is InChI=1S/C13H20N4O2S/c1-4-19-13(18)10-11(15)9(8-14)20-12(10)16-6-5-7-17(2)3/h16H,4-7,15H2,1-3H3. The Labute approximate surface area is 123 Å². The van der Waals surface area contributed by atoms with Crippen molar-refractivity contribution in [3.05, 3.63) is 10.4 Å². The molecule has 1 aromatic heterocycles. The number of hydrogen-bond acceptors (Lipinski definition) is 7. The summed E-state index contributed by atoms with van der Waals surface area (Å²) in [5.41, 5.74) is 6.31. The molecule has 0 atom stereocenters. The first kappa shape index (κ1) is 16.3. The smallest absolute Gasteiger partial charge is 0.343 e. The fourth-order valence-corrected chi connectivity index (χ4v) is 2.59. The Hall–Kier alpha value is -1.78. The van der Waals surface area contributed by atoms with Crippen molar-refractivity contribution in [3.63, 3.8) is 0 Å². The second-order valence-electron chi connectivity index (χ2n) is 4.46. The summed E-state index contributed by atoms with van der Waals surface area (Å²) < 4.78 is 4.98. The number of nitrogens with one attached hydrogen (secondary N) is 1. The summed E-state index contributed by atoms with van der Waals surface area (Å²) in [6, 6.07) is 2.00. The molecule has 0 spiro atoms. The molecule has 1 rings (SSSR count). The number of thiophene rings is 1. The average molecular weight is 296 g/mol. The van der Waals surface area contributed by atoms with Crippen LogP contribution in [0, 0.1) is 11.3 Å². The molecular weight excluding hydrogens is 276 g/mol. The summed E-state index contributed by atoms with van der Waals surface area (Å²) in [6.07, 6.45) is 0.926. The number of nitrogens with zero attached hydrogens (tertiary/aromatic N) is 2. The van der Waals surface area contributed by atoms with Gasteiger partial charge in [0, 0.05) is 6.54 Å². The van der Waals surface area contributed by atoms with E-state index < -0.39 is 5.97 Å². The van der Waals surface area contributed by atoms with Crippen LogP contribution >= 0.6 is 11.3 Å². The van der Waals surface area contributed by atoms with Gasteiger partial charge in [0.25, 0.3) is 0 Å². The molecule has 20 heavy (non-hydrogen) atoms. The lowest BCUT2D eigenvalue weighted by atomic mass is 10.2. The highest BCUT2D eigenvalue weighted by molar-refractivity contribution is 7.17. The summed E-state index contributed by atoms with van der Waals surface area (Å²) in [6.45, 7) is 3.65. The zero-order chi connectivity index (χ0) is 15.1. The monoisotopic (exact) mass is 296 g/mol. The highest BCUT2D eigenvalue weighted by Crippen LogP contribution is 2.35. The maximum atomic E-state index is 11.9. The maximum Gasteiger partial charge on any atom is 0.343 e. The Morgan fingerprint density at radius 1 is 1.55 bits per heavy atom. The van der Waals surface area contributed by atoms with E-state index in [-0.39, 0.29) is 17.9 Å². The lowest BCUT2D eigenvalue weighted by Gasteiger charge is -2.10. The van der Waals surface area contributed by atoms with Gasteiger partial charge < -0.3 is 20.7 Å². The molecule has 0 aliphatic heterocycles. The molecule has 7 heteroatoms. The predicted molar refractivity (Wildman–Crippen MR) is 81.1 cm³/mol. The first-order valence-electron chi connectivity index (χ1n) is 6.39. The second-order valence-corrected chi connectivity index (χ2v) is 5.49. The van der Waals surface area contributed by atoms with Gasteiger partial charge in [0.1, 0.15) is 21.5 Å². The molecule has 0 aliphatic carbocycles. The Morgan fingerprint density at radius 3 is 2.80 bits per heavy atom. The van der Waals surface area contributed by atoms with E-state index >= 15 is 0 Å². The van der Waals surface area contributed by atoms with Gasteiger partial charge in [-0.2, -0.15) is 5.26 Å². The normalized spacial score (nSPS) is 10.3. The number of ether oxygens (including phenoxy) is 1. The predicted octanol–water partition coefficient (Wildman–Crippen LogP) is 1.74. The molecule has 1 heterocycles. The first-order valence-corrected chi connectivity index (χ1v) is 7.21. The molecular formula is C13H20N4O2S. The molecule has 110 valence electrons. The van der Waals surface area contributed by atoms with E-state index in [1.165, 1.54) is 11.3 Å². The second kappa shape index (κ2) is 7.72. The molecule has 0 saturated carbocycles. The minimum Gasteiger partial charge on any atom is -0.462 e. The van der Waals surface area contributed by atoms with Crippen molar-refractivity contribution in [2.24, 2.45) is 0 Å². The number of esters is 1. The van der Waals surface area contributed by atoms with Gasteiger partial charge >= 0.3 is 5.97 Å². The van der Waals surface area contributed by atoms with Crippen LogP contribution in [0.4, 0.5) is 10.7 Å². The molecule has 0 fully saturated rings. The molecule has 0 unspecified atom stereocenters. The molecule has 0 aromatic carbocycles. The van der Waals surface area contributed by atoms with Crippen molar-refractivity contribution in [2.45, 2.75) is 13.3 Å². The molecule has 0 saturated heterocycles. The number of hydrogen-bond donors (Lipinski definition) is 2. The molecule has 6 nitrogen and oxygen atoms in total. The lowest BCUT2D eigenvalue weighted by molar-refractivity contribution is 0.0529. The van der Waals surface area contributed by atoms with Crippen LogP contribution in [0.2, 0.25) is 0 Å². The highest BCUT2D eigenvalue weighted by Gasteiger charge is 2.22. The van der Waals surface area contributed by atoms with Crippen molar-refractivity contribution in [1.29, 1.82) is 5.26 Å². The van der Waals surface area contributed by atoms with Crippen LogP contribution in [-0.2, 0) is 4.74 Å². The van der Waals surface area contributed by atoms with Gasteiger partial charge in [-0.3, -0.25) is 0 Å². The average Bonchev–Trinajstić information content (AvgIpc) is 2.71. The number of nitrogens with two attached hydrogens (primary N) is 1. The number of rotatable bonds is 7. The van der Waals surface area contributed by atoms with Crippen molar-refractivity contribution < 1.29 is 9.53 Å². The molecule has 1 aromatic rings. The van der Waals surface area contributed by atoms with Gasteiger partial charge in [0.05, 0.1) is 12.3 Å². The van der Waals surface area contributed by atoms with Gasteiger partial charge in [-0.15, -0.1) is 11.3 Å². The maximum absolute atomic E-state index is 11.9. The highest BCUT2D eigenvalue weighted by atomic mass is 32.1. The molecule has 0 aliphatic rings. The van der Waals surface area contributed by atoms with Crippen LogP contribution < -0.4 is 11.1 Å². The van der Waals surface area contributed by atoms with Gasteiger partial charge in [0.15, 0.2) is 0 Å². The van der Waals surface area contributed by atoms with Crippen LogP contribution in [0.1, 0.15) is 28.6 Å². The number of nitrogen functional groups attached to an aromatic ring is 1. The van der Waals surface area contributed by atoms with Gasteiger partial charge in [-0.25, -0.2) is 4.79 Å². The summed E-state index contributed by atoms with van der Waals surface area (Å²) in [5, 5.41) is 12.8. The number of carbonyl (C=O) groups excluding carboxylic acids is 1. The first-order chi connectivity index (χ1) is 9.51. The Balaban J connectivity index is 2.83. The van der Waals surface area contributed by atoms with Crippen LogP contribution in [-0.4, -0.2) is 44.7 Å². The topological polar surface area (TPSA) is 91.4 Å². The summed E-state index contributed by atoms with van der Waals surface area (Å²) in [4.78, 5) is 14.3. The van der Waals surface area contributed by atoms with E-state index in [2.05, 4.69) is 10.2 Å². The quantitative estimate of drug-likeness (QED) is 0.588. The third-order valence-electron chi connectivity index (χ3n) is 2.59. The van der Waals surface area contributed by atoms with Crippen LogP contribution in [0.25, 0.3) is 0 Å². The SMILES string of the molecule is CCOC(=O)c1c(NCCCN(C)C)sc(C#N)c1N. The minimum absolute atomic E-state index is 0.200. The van der Waals surface area contributed by atoms with Crippen molar-refractivity contribution in [1.82, 2.24) is 4.90 Å². The van der Waals surface area contributed by atoms with E-state index in [0.29, 0.717) is 16.4 Å². The fraction of sp³-hybridized carbons (Fsp3) is 0.538. The van der Waals surface area contributed by atoms with Gasteiger partial charge in [0.2, 0.25) is 0 Å². The summed E-state index contributed by atoms with van der Waals surface area (Å²) >= 11 is 1.19. The minimum atomic E-state index is -0.488. The van der Waals surface area contributed by atoms with E-state index in [4.69, 9.17) is 15.7 Å². The summed E-state index contributed by atoms with van der Waals surface area (Å²) in [5.74, 6) is -0.488. The number of carbonyl (C=O) groups is 1. The van der Waals surface area contributed by atoms with E-state index in [1.54, 1.807) is 6.92 Å². The van der Waals surface area contributed by atoms with E-state index in [0.717, 1.165) is 13.0 Å². The third kappa shape index (κ3) is 4.11. The molecule has 0 radical (unpaired) electrons. The third-order valence-corrected chi connectivity index (χ3v) is 3.66. The van der Waals surface area contributed by atoms with Gasteiger partial charge in [-0.05, 0) is 34.0 Å². The number of anilines is 2. The van der Waals surface area contributed by atoms with E-state index in [1.807, 2.05) is 20.2 Å². The van der Waals surface area contributed by atoms with Crippen molar-refractivity contribution >= 4 is 28.0 Å². The molecule has 0 amide bonds. The number of nitriles is 1. The Kier molecular flexibility index (Phi) is 6.28. The lowest BCUT2D eigenvalue weighted by Crippen LogP contribution is -2.17. The molecule has 3 N–H and O–H groups in total. The van der Waals surface area contributed by atoms with Crippen LogP contribution in [0.3, 0.4) is 0 Å². The van der Waals surface area contributed by atoms with Crippen molar-refractivity contribution in [2.75, 3.05) is 44.8 Å². The zero-order valence-electron chi connectivity index (χ0n) is 12.0. The summed E-state index contributed by atoms with van der Waals surface area (Å²) in [7, 11) is 4.00. The van der Waals surface area contributed by atoms with Gasteiger partial charge in [-0.1, -0.05) is 0 Å².